The van der Waals surface area contributed by atoms with Crippen LogP contribution in [0.5, 0.6) is 0 Å². The molecule has 0 radical (unpaired) electrons. The van der Waals surface area contributed by atoms with Crippen molar-refractivity contribution in [3.8, 4) is 0 Å². The molecule has 0 unspecified atom stereocenters. The molecule has 0 aliphatic carbocycles. The summed E-state index contributed by atoms with van der Waals surface area (Å²) in [6.07, 6.45) is 2.01. The first-order chi connectivity index (χ1) is 12.1. The minimum absolute atomic E-state index is 0.0125. The summed E-state index contributed by atoms with van der Waals surface area (Å²) in [5.41, 5.74) is 1.48. The molecule has 0 saturated carbocycles. The molecule has 1 heterocycles. The second-order valence-corrected chi connectivity index (χ2v) is 7.27. The van der Waals surface area contributed by atoms with Gasteiger partial charge in [-0.15, -0.1) is 0 Å². The van der Waals surface area contributed by atoms with Gasteiger partial charge in [0.25, 0.3) is 0 Å². The number of rotatable bonds is 6. The van der Waals surface area contributed by atoms with Crippen LogP contribution >= 0.6 is 11.8 Å². The van der Waals surface area contributed by atoms with E-state index >= 15 is 0 Å². The van der Waals surface area contributed by atoms with Gasteiger partial charge in [-0.2, -0.15) is 0 Å². The van der Waals surface area contributed by atoms with Crippen LogP contribution in [0, 0.1) is 5.82 Å². The molecule has 0 atom stereocenters. The monoisotopic (exact) mass is 358 g/mol. The minimum Gasteiger partial charge on any atom is -0.295 e. The molecular weight excluding hydrogens is 335 g/mol. The molecule has 1 amide bonds. The summed E-state index contributed by atoms with van der Waals surface area (Å²) in [5, 5.41) is 0. The molecule has 5 heteroatoms. The van der Waals surface area contributed by atoms with Crippen molar-refractivity contribution in [1.29, 1.82) is 0 Å². The number of carbonyl (C=O) groups excluding carboxylic acids is 1. The predicted octanol–water partition coefficient (Wildman–Crippen LogP) is 5.08. The number of hydrogen-bond acceptors (Lipinski definition) is 3. The lowest BCUT2D eigenvalue weighted by Gasteiger charge is -2.33. The number of para-hydroxylation sites is 1. The van der Waals surface area contributed by atoms with Gasteiger partial charge in [-0.3, -0.25) is 14.6 Å². The fourth-order valence-electron chi connectivity index (χ4n) is 3.16. The quantitative estimate of drug-likeness (QED) is 0.720. The minimum atomic E-state index is -0.324. The first kappa shape index (κ1) is 18.0. The summed E-state index contributed by atoms with van der Waals surface area (Å²) < 4.78 is 13.9. The lowest BCUT2D eigenvalue weighted by atomic mass is 10.2. The first-order valence-electron chi connectivity index (χ1n) is 8.75. The number of amides is 1. The summed E-state index contributed by atoms with van der Waals surface area (Å²) >= 11 is 1.58. The van der Waals surface area contributed by atoms with E-state index in [-0.39, 0.29) is 11.7 Å². The van der Waals surface area contributed by atoms with Gasteiger partial charge >= 0.3 is 0 Å². The number of hydrogen-bond donors (Lipinski definition) is 0. The maximum absolute atomic E-state index is 13.9. The summed E-state index contributed by atoms with van der Waals surface area (Å²) in [4.78, 5) is 18.9. The van der Waals surface area contributed by atoms with Crippen LogP contribution in [0.4, 0.5) is 15.8 Å². The molecule has 3 rings (SSSR count). The summed E-state index contributed by atoms with van der Waals surface area (Å²) in [6, 6.07) is 12.5. The van der Waals surface area contributed by atoms with Crippen molar-refractivity contribution in [1.82, 2.24) is 4.90 Å². The van der Waals surface area contributed by atoms with Crippen LogP contribution in [0.1, 0.15) is 26.7 Å². The second kappa shape index (κ2) is 8.02. The van der Waals surface area contributed by atoms with Crippen molar-refractivity contribution in [2.75, 3.05) is 24.5 Å². The van der Waals surface area contributed by atoms with E-state index in [9.17, 15) is 9.18 Å². The molecule has 0 spiro atoms. The van der Waals surface area contributed by atoms with Crippen molar-refractivity contribution >= 4 is 29.0 Å². The van der Waals surface area contributed by atoms with Crippen LogP contribution in [0.25, 0.3) is 0 Å². The molecule has 0 saturated heterocycles. The highest BCUT2D eigenvalue weighted by atomic mass is 32.2. The Bertz CT molecular complexity index is 759. The van der Waals surface area contributed by atoms with Crippen LogP contribution < -0.4 is 4.90 Å². The Balaban J connectivity index is 1.96. The van der Waals surface area contributed by atoms with Gasteiger partial charge in [0.2, 0.25) is 5.91 Å². The molecule has 132 valence electrons. The van der Waals surface area contributed by atoms with Crippen LogP contribution in [0.15, 0.2) is 52.3 Å². The lowest BCUT2D eigenvalue weighted by Crippen LogP contribution is -2.39. The number of anilines is 2. The van der Waals surface area contributed by atoms with Gasteiger partial charge < -0.3 is 0 Å². The molecule has 0 bridgehead atoms. The maximum atomic E-state index is 13.9. The van der Waals surface area contributed by atoms with E-state index in [2.05, 4.69) is 18.7 Å². The van der Waals surface area contributed by atoms with E-state index in [1.807, 2.05) is 24.3 Å². The molecule has 0 N–H and O–H groups in total. The van der Waals surface area contributed by atoms with Crippen molar-refractivity contribution in [2.45, 2.75) is 36.5 Å². The van der Waals surface area contributed by atoms with E-state index in [1.165, 1.54) is 12.1 Å². The third-order valence-corrected chi connectivity index (χ3v) is 5.31. The third-order valence-electron chi connectivity index (χ3n) is 4.18. The van der Waals surface area contributed by atoms with Crippen LogP contribution in [0.2, 0.25) is 0 Å². The van der Waals surface area contributed by atoms with Crippen molar-refractivity contribution in [2.24, 2.45) is 0 Å². The van der Waals surface area contributed by atoms with Gasteiger partial charge in [0.1, 0.15) is 5.82 Å². The van der Waals surface area contributed by atoms with Crippen LogP contribution in [0.3, 0.4) is 0 Å². The number of benzene rings is 2. The number of fused-ring (bicyclic) bond motifs is 2. The summed E-state index contributed by atoms with van der Waals surface area (Å²) in [7, 11) is 0. The van der Waals surface area contributed by atoms with Crippen LogP contribution in [-0.2, 0) is 4.79 Å². The second-order valence-electron chi connectivity index (χ2n) is 6.19. The van der Waals surface area contributed by atoms with E-state index in [0.717, 1.165) is 41.4 Å². The first-order valence-corrected chi connectivity index (χ1v) is 9.57. The van der Waals surface area contributed by atoms with Gasteiger partial charge in [-0.25, -0.2) is 4.39 Å². The zero-order chi connectivity index (χ0) is 17.8. The standard InChI is InChI=1S/C20H23FN2OS/c1-3-11-22(12-4-2)14-20(24)23-16-7-5-6-8-18(16)25-19-10-9-15(21)13-17(19)23/h5-10,13H,3-4,11-12,14H2,1-2H3. The molecule has 25 heavy (non-hydrogen) atoms. The molecule has 0 aromatic heterocycles. The van der Waals surface area contributed by atoms with E-state index in [0.29, 0.717) is 12.2 Å². The molecule has 1 aliphatic rings. The Kier molecular flexibility index (Phi) is 5.76. The predicted molar refractivity (Wildman–Crippen MR) is 101 cm³/mol. The Morgan fingerprint density at radius 2 is 1.72 bits per heavy atom. The van der Waals surface area contributed by atoms with Gasteiger partial charge in [-0.05, 0) is 56.3 Å². The van der Waals surface area contributed by atoms with Crippen LogP contribution in [-0.4, -0.2) is 30.4 Å². The highest BCUT2D eigenvalue weighted by Crippen LogP contribution is 2.48. The van der Waals surface area contributed by atoms with Crippen molar-refractivity contribution < 1.29 is 9.18 Å². The van der Waals surface area contributed by atoms with Gasteiger partial charge in [0, 0.05) is 9.79 Å². The molecule has 1 aliphatic heterocycles. The number of carbonyl (C=O) groups is 1. The molecule has 2 aromatic carbocycles. The molecule has 2 aromatic rings. The fraction of sp³-hybridized carbons (Fsp3) is 0.350. The Morgan fingerprint density at radius 3 is 2.44 bits per heavy atom. The molecule has 0 fully saturated rings. The molecular formula is C20H23FN2OS. The van der Waals surface area contributed by atoms with Gasteiger partial charge in [0.15, 0.2) is 0 Å². The Morgan fingerprint density at radius 1 is 1.04 bits per heavy atom. The Labute approximate surface area is 152 Å². The summed E-state index contributed by atoms with van der Waals surface area (Å²) in [6.45, 7) is 6.35. The van der Waals surface area contributed by atoms with Gasteiger partial charge in [-0.1, -0.05) is 37.7 Å². The normalized spacial score (nSPS) is 12.9. The van der Waals surface area contributed by atoms with E-state index < -0.39 is 0 Å². The molecule has 3 nitrogen and oxygen atoms in total. The van der Waals surface area contributed by atoms with E-state index in [4.69, 9.17) is 0 Å². The largest absolute Gasteiger partial charge is 0.295 e. The Hall–Kier alpha value is -1.85. The SMILES string of the molecule is CCCN(CCC)CC(=O)N1c2ccccc2Sc2ccc(F)cc21. The number of nitrogens with zero attached hydrogens (tertiary/aromatic N) is 2. The fourth-order valence-corrected chi connectivity index (χ4v) is 4.20. The third kappa shape index (κ3) is 3.88. The smallest absolute Gasteiger partial charge is 0.245 e. The lowest BCUT2D eigenvalue weighted by molar-refractivity contribution is -0.119. The number of halogens is 1. The van der Waals surface area contributed by atoms with Crippen molar-refractivity contribution in [3.63, 3.8) is 0 Å². The van der Waals surface area contributed by atoms with Gasteiger partial charge in [0.05, 0.1) is 17.9 Å². The zero-order valence-electron chi connectivity index (χ0n) is 14.7. The van der Waals surface area contributed by atoms with Crippen molar-refractivity contribution in [3.05, 3.63) is 48.3 Å². The highest BCUT2D eigenvalue weighted by molar-refractivity contribution is 7.99. The topological polar surface area (TPSA) is 23.6 Å². The van der Waals surface area contributed by atoms with E-state index in [1.54, 1.807) is 22.7 Å². The average Bonchev–Trinajstić information content (AvgIpc) is 2.60. The zero-order valence-corrected chi connectivity index (χ0v) is 15.5. The maximum Gasteiger partial charge on any atom is 0.245 e. The summed E-state index contributed by atoms with van der Waals surface area (Å²) in [5.74, 6) is -0.336. The average molecular weight is 358 g/mol. The highest BCUT2D eigenvalue weighted by Gasteiger charge is 2.29.